The van der Waals surface area contributed by atoms with Crippen LogP contribution in [0.2, 0.25) is 0 Å². The zero-order chi connectivity index (χ0) is 17.2. The number of hydrogen-bond acceptors (Lipinski definition) is 3. The predicted octanol–water partition coefficient (Wildman–Crippen LogP) is 2.49. The first-order chi connectivity index (χ1) is 11.7. The molecule has 0 spiro atoms. The monoisotopic (exact) mass is 324 g/mol. The zero-order valence-corrected chi connectivity index (χ0v) is 13.5. The fraction of sp³-hybridized carbons (Fsp3) is 0.158. The van der Waals surface area contributed by atoms with Crippen LogP contribution in [0.15, 0.2) is 60.7 Å². The Bertz CT molecular complexity index is 712. The van der Waals surface area contributed by atoms with E-state index in [0.29, 0.717) is 18.6 Å². The van der Waals surface area contributed by atoms with Crippen molar-refractivity contribution < 1.29 is 14.3 Å². The summed E-state index contributed by atoms with van der Waals surface area (Å²) in [6, 6.07) is 17.1. The highest BCUT2D eigenvalue weighted by molar-refractivity contribution is 5.93. The number of methoxy groups -OCH3 is 1. The molecule has 24 heavy (non-hydrogen) atoms. The van der Waals surface area contributed by atoms with Crippen molar-refractivity contribution in [2.24, 2.45) is 0 Å². The summed E-state index contributed by atoms with van der Waals surface area (Å²) in [4.78, 5) is 23.5. The average molecular weight is 324 g/mol. The molecule has 0 saturated carbocycles. The third kappa shape index (κ3) is 5.61. The fourth-order valence-corrected chi connectivity index (χ4v) is 2.11. The summed E-state index contributed by atoms with van der Waals surface area (Å²) >= 11 is 0. The van der Waals surface area contributed by atoms with Gasteiger partial charge in [0.1, 0.15) is 5.75 Å². The standard InChI is InChI=1S/C19H20N2O3/c1-24-17-10-6-5-9-16(17)12-14-19(23)21-20-18(22)13-11-15-7-3-2-4-8-15/h2-10,12,14H,11,13H2,1H3,(H,20,22)(H,21,23)/b14-12+. The van der Waals surface area contributed by atoms with Gasteiger partial charge in [-0.2, -0.15) is 0 Å². The van der Waals surface area contributed by atoms with E-state index in [1.54, 1.807) is 13.2 Å². The number of ether oxygens (including phenoxy) is 1. The first kappa shape index (κ1) is 17.3. The number of benzene rings is 2. The van der Waals surface area contributed by atoms with Crippen LogP contribution < -0.4 is 15.6 Å². The molecule has 0 heterocycles. The number of hydrogen-bond donors (Lipinski definition) is 2. The molecule has 5 nitrogen and oxygen atoms in total. The van der Waals surface area contributed by atoms with Crippen molar-refractivity contribution in [2.45, 2.75) is 12.8 Å². The van der Waals surface area contributed by atoms with Gasteiger partial charge in [-0.05, 0) is 24.1 Å². The number of rotatable bonds is 6. The van der Waals surface area contributed by atoms with Crippen molar-refractivity contribution in [1.82, 2.24) is 10.9 Å². The van der Waals surface area contributed by atoms with Gasteiger partial charge >= 0.3 is 0 Å². The Hall–Kier alpha value is -3.08. The van der Waals surface area contributed by atoms with Gasteiger partial charge in [0.2, 0.25) is 5.91 Å². The van der Waals surface area contributed by atoms with E-state index in [0.717, 1.165) is 11.1 Å². The molecular formula is C19H20N2O3. The number of para-hydroxylation sites is 1. The highest BCUT2D eigenvalue weighted by Gasteiger charge is 2.03. The molecule has 0 aliphatic rings. The van der Waals surface area contributed by atoms with E-state index >= 15 is 0 Å². The molecule has 0 unspecified atom stereocenters. The van der Waals surface area contributed by atoms with Crippen LogP contribution in [0, 0.1) is 0 Å². The molecular weight excluding hydrogens is 304 g/mol. The lowest BCUT2D eigenvalue weighted by Gasteiger charge is -2.06. The number of carbonyl (C=O) groups excluding carboxylic acids is 2. The van der Waals surface area contributed by atoms with Crippen LogP contribution in [0.5, 0.6) is 5.75 Å². The van der Waals surface area contributed by atoms with Crippen molar-refractivity contribution in [3.8, 4) is 5.75 Å². The molecule has 2 aromatic rings. The highest BCUT2D eigenvalue weighted by atomic mass is 16.5. The van der Waals surface area contributed by atoms with E-state index in [1.807, 2.05) is 54.6 Å². The van der Waals surface area contributed by atoms with Crippen LogP contribution in [0.3, 0.4) is 0 Å². The van der Waals surface area contributed by atoms with Crippen LogP contribution >= 0.6 is 0 Å². The zero-order valence-electron chi connectivity index (χ0n) is 13.5. The summed E-state index contributed by atoms with van der Waals surface area (Å²) < 4.78 is 5.20. The lowest BCUT2D eigenvalue weighted by molar-refractivity contribution is -0.126. The SMILES string of the molecule is COc1ccccc1/C=C/C(=O)NNC(=O)CCc1ccccc1. The normalized spacial score (nSPS) is 10.4. The minimum atomic E-state index is -0.408. The Morgan fingerprint density at radius 2 is 1.71 bits per heavy atom. The Morgan fingerprint density at radius 1 is 1.00 bits per heavy atom. The second kappa shape index (κ2) is 9.15. The Morgan fingerprint density at radius 3 is 2.46 bits per heavy atom. The topological polar surface area (TPSA) is 67.4 Å². The maximum Gasteiger partial charge on any atom is 0.262 e. The smallest absolute Gasteiger partial charge is 0.262 e. The molecule has 5 heteroatoms. The van der Waals surface area contributed by atoms with Crippen molar-refractivity contribution in [1.29, 1.82) is 0 Å². The van der Waals surface area contributed by atoms with Gasteiger partial charge in [-0.3, -0.25) is 20.4 Å². The van der Waals surface area contributed by atoms with Crippen molar-refractivity contribution in [3.63, 3.8) is 0 Å². The second-order valence-electron chi connectivity index (χ2n) is 5.10. The summed E-state index contributed by atoms with van der Waals surface area (Å²) in [6.45, 7) is 0. The highest BCUT2D eigenvalue weighted by Crippen LogP contribution is 2.18. The van der Waals surface area contributed by atoms with Gasteiger partial charge < -0.3 is 4.74 Å². The molecule has 0 aromatic heterocycles. The molecule has 0 atom stereocenters. The van der Waals surface area contributed by atoms with E-state index in [4.69, 9.17) is 4.74 Å². The molecule has 2 rings (SSSR count). The number of nitrogens with one attached hydrogen (secondary N) is 2. The number of carbonyl (C=O) groups is 2. The van der Waals surface area contributed by atoms with Gasteiger partial charge in [-0.25, -0.2) is 0 Å². The van der Waals surface area contributed by atoms with Gasteiger partial charge in [0, 0.05) is 18.1 Å². The number of amides is 2. The van der Waals surface area contributed by atoms with Gasteiger partial charge in [-0.1, -0.05) is 48.5 Å². The fourth-order valence-electron chi connectivity index (χ4n) is 2.11. The maximum absolute atomic E-state index is 11.7. The molecule has 0 fully saturated rings. The second-order valence-corrected chi connectivity index (χ2v) is 5.10. The Kier molecular flexibility index (Phi) is 6.58. The molecule has 2 amide bonds. The first-order valence-corrected chi connectivity index (χ1v) is 7.63. The largest absolute Gasteiger partial charge is 0.496 e. The lowest BCUT2D eigenvalue weighted by Crippen LogP contribution is -2.40. The van der Waals surface area contributed by atoms with Crippen LogP contribution in [0.1, 0.15) is 17.5 Å². The average Bonchev–Trinajstić information content (AvgIpc) is 2.64. The van der Waals surface area contributed by atoms with Gasteiger partial charge in [0.25, 0.3) is 5.91 Å². The molecule has 124 valence electrons. The summed E-state index contributed by atoms with van der Waals surface area (Å²) in [6.07, 6.45) is 3.90. The van der Waals surface area contributed by atoms with E-state index in [1.165, 1.54) is 6.08 Å². The van der Waals surface area contributed by atoms with E-state index < -0.39 is 5.91 Å². The van der Waals surface area contributed by atoms with Crippen LogP contribution in [0.25, 0.3) is 6.08 Å². The Balaban J connectivity index is 1.76. The predicted molar refractivity (Wildman–Crippen MR) is 93.1 cm³/mol. The molecule has 2 aromatic carbocycles. The number of aryl methyl sites for hydroxylation is 1. The Labute approximate surface area is 141 Å². The molecule has 0 saturated heterocycles. The van der Waals surface area contributed by atoms with Gasteiger partial charge in [0.15, 0.2) is 0 Å². The molecule has 0 bridgehead atoms. The number of hydrazine groups is 1. The van der Waals surface area contributed by atoms with Crippen molar-refractivity contribution in [3.05, 3.63) is 71.8 Å². The van der Waals surface area contributed by atoms with Crippen LogP contribution in [-0.2, 0) is 16.0 Å². The first-order valence-electron chi connectivity index (χ1n) is 7.63. The van der Waals surface area contributed by atoms with Crippen LogP contribution in [-0.4, -0.2) is 18.9 Å². The molecule has 2 N–H and O–H groups in total. The third-order valence-electron chi connectivity index (χ3n) is 3.36. The molecule has 0 radical (unpaired) electrons. The van der Waals surface area contributed by atoms with E-state index in [2.05, 4.69) is 10.9 Å². The lowest BCUT2D eigenvalue weighted by atomic mass is 10.1. The third-order valence-corrected chi connectivity index (χ3v) is 3.36. The molecule has 0 aliphatic carbocycles. The molecule has 0 aliphatic heterocycles. The summed E-state index contributed by atoms with van der Waals surface area (Å²) in [5.41, 5.74) is 6.62. The van der Waals surface area contributed by atoms with E-state index in [-0.39, 0.29) is 5.91 Å². The van der Waals surface area contributed by atoms with Gasteiger partial charge in [0.05, 0.1) is 7.11 Å². The summed E-state index contributed by atoms with van der Waals surface area (Å²) in [5.74, 6) is 0.0281. The van der Waals surface area contributed by atoms with Crippen LogP contribution in [0.4, 0.5) is 0 Å². The van der Waals surface area contributed by atoms with Gasteiger partial charge in [-0.15, -0.1) is 0 Å². The quantitative estimate of drug-likeness (QED) is 0.634. The van der Waals surface area contributed by atoms with Crippen molar-refractivity contribution >= 4 is 17.9 Å². The summed E-state index contributed by atoms with van der Waals surface area (Å²) in [5, 5.41) is 0. The minimum Gasteiger partial charge on any atom is -0.496 e. The van der Waals surface area contributed by atoms with E-state index in [9.17, 15) is 9.59 Å². The maximum atomic E-state index is 11.7. The summed E-state index contributed by atoms with van der Waals surface area (Å²) in [7, 11) is 1.57. The minimum absolute atomic E-state index is 0.238. The van der Waals surface area contributed by atoms with Crippen molar-refractivity contribution in [2.75, 3.05) is 7.11 Å².